The topological polar surface area (TPSA) is 0 Å². The average molecular weight is 481 g/mol. The Morgan fingerprint density at radius 2 is 1.33 bits per heavy atom. The van der Waals surface area contributed by atoms with Crippen LogP contribution < -0.4 is 0 Å². The van der Waals surface area contributed by atoms with Gasteiger partial charge < -0.3 is 0 Å². The van der Waals surface area contributed by atoms with E-state index >= 15 is 0 Å². The lowest BCUT2D eigenvalue weighted by Gasteiger charge is -2.35. The Labute approximate surface area is 222 Å². The van der Waals surface area contributed by atoms with Crippen LogP contribution in [-0.4, -0.2) is 0 Å². The van der Waals surface area contributed by atoms with Gasteiger partial charge in [-0.2, -0.15) is 0 Å². The van der Waals surface area contributed by atoms with Gasteiger partial charge in [-0.25, -0.2) is 0 Å². The molecule has 2 aromatic rings. The molecule has 0 amide bonds. The van der Waals surface area contributed by atoms with Crippen molar-refractivity contribution in [1.29, 1.82) is 0 Å². The van der Waals surface area contributed by atoms with E-state index in [0.29, 0.717) is 0 Å². The third kappa shape index (κ3) is 8.13. The summed E-state index contributed by atoms with van der Waals surface area (Å²) in [6, 6.07) is 17.9. The zero-order valence-electron chi connectivity index (χ0n) is 23.0. The predicted octanol–water partition coefficient (Wildman–Crippen LogP) is 10.6. The highest BCUT2D eigenvalue weighted by atomic mass is 14.3. The van der Waals surface area contributed by atoms with Crippen molar-refractivity contribution in [1.82, 2.24) is 0 Å². The van der Waals surface area contributed by atoms with Gasteiger partial charge >= 0.3 is 0 Å². The number of rotatable bonds is 10. The summed E-state index contributed by atoms with van der Waals surface area (Å²) < 4.78 is 0. The molecule has 2 aliphatic rings. The molecule has 0 bridgehead atoms. The normalized spacial score (nSPS) is 21.9. The van der Waals surface area contributed by atoms with E-state index in [0.717, 1.165) is 23.3 Å². The van der Waals surface area contributed by atoms with E-state index in [1.807, 2.05) is 0 Å². The molecule has 1 saturated carbocycles. The number of aryl methyl sites for hydroxylation is 1. The molecule has 36 heavy (non-hydrogen) atoms. The molecule has 1 atom stereocenters. The summed E-state index contributed by atoms with van der Waals surface area (Å²) >= 11 is 0. The third-order valence-electron chi connectivity index (χ3n) is 8.83. The van der Waals surface area contributed by atoms with Crippen LogP contribution in [-0.2, 0) is 6.42 Å². The SMILES string of the molecule is CCCCCc1ccc(-c2ccc(C#CC3=CCC(C4CCC(CCCCC)CC4)CC3)cc2)cc1. The highest BCUT2D eigenvalue weighted by Crippen LogP contribution is 2.40. The first-order valence-electron chi connectivity index (χ1n) is 15.2. The maximum absolute atomic E-state index is 3.50. The van der Waals surface area contributed by atoms with Crippen molar-refractivity contribution in [3.8, 4) is 23.0 Å². The van der Waals surface area contributed by atoms with Crippen molar-refractivity contribution in [3.05, 3.63) is 71.3 Å². The maximum Gasteiger partial charge on any atom is 0.0249 e. The molecular weight excluding hydrogens is 432 g/mol. The maximum atomic E-state index is 3.50. The molecule has 4 rings (SSSR count). The molecule has 2 aromatic carbocycles. The van der Waals surface area contributed by atoms with E-state index in [-0.39, 0.29) is 0 Å². The van der Waals surface area contributed by atoms with Crippen LogP contribution in [0, 0.1) is 29.6 Å². The van der Waals surface area contributed by atoms with Gasteiger partial charge in [0.25, 0.3) is 0 Å². The van der Waals surface area contributed by atoms with Crippen molar-refractivity contribution < 1.29 is 0 Å². The van der Waals surface area contributed by atoms with Crippen molar-refractivity contribution in [2.75, 3.05) is 0 Å². The monoisotopic (exact) mass is 480 g/mol. The molecule has 0 spiro atoms. The quantitative estimate of drug-likeness (QED) is 0.234. The van der Waals surface area contributed by atoms with E-state index < -0.39 is 0 Å². The average Bonchev–Trinajstić information content (AvgIpc) is 2.94. The van der Waals surface area contributed by atoms with Gasteiger partial charge in [-0.3, -0.25) is 0 Å². The number of hydrogen-bond donors (Lipinski definition) is 0. The fourth-order valence-electron chi connectivity index (χ4n) is 6.37. The van der Waals surface area contributed by atoms with Crippen LogP contribution in [0.1, 0.15) is 115 Å². The summed E-state index contributed by atoms with van der Waals surface area (Å²) in [6.45, 7) is 4.58. The Morgan fingerprint density at radius 1 is 0.667 bits per heavy atom. The predicted molar refractivity (Wildman–Crippen MR) is 157 cm³/mol. The van der Waals surface area contributed by atoms with Gasteiger partial charge in [-0.1, -0.05) is 120 Å². The minimum absolute atomic E-state index is 0.907. The standard InChI is InChI=1S/C36H48/c1-3-5-7-9-29-13-21-33(22-14-29)35-25-17-31(18-26-35)11-12-32-19-27-36(28-20-32)34-23-15-30(16-24-34)10-8-6-4-2/h13-14,17-19,21-22,25-26,30,34,36H,3-10,15-16,20,23-24,27-28H2,1-2H3. The molecule has 0 N–H and O–H groups in total. The second kappa shape index (κ2) is 14.5. The summed E-state index contributed by atoms with van der Waals surface area (Å²) in [4.78, 5) is 0. The fourth-order valence-corrected chi connectivity index (χ4v) is 6.37. The van der Waals surface area contributed by atoms with Crippen LogP contribution in [0.25, 0.3) is 11.1 Å². The van der Waals surface area contributed by atoms with Crippen LogP contribution in [0.2, 0.25) is 0 Å². The second-order valence-electron chi connectivity index (χ2n) is 11.5. The summed E-state index contributed by atoms with van der Waals surface area (Å²) in [5.74, 6) is 9.83. The Kier molecular flexibility index (Phi) is 10.8. The first-order chi connectivity index (χ1) is 17.7. The van der Waals surface area contributed by atoms with Gasteiger partial charge in [0.2, 0.25) is 0 Å². The molecule has 192 valence electrons. The number of benzene rings is 2. The molecule has 0 heteroatoms. The highest BCUT2D eigenvalue weighted by Gasteiger charge is 2.28. The molecule has 0 aliphatic heterocycles. The Bertz CT molecular complexity index is 987. The first kappa shape index (κ1) is 26.8. The van der Waals surface area contributed by atoms with E-state index in [1.54, 1.807) is 0 Å². The number of hydrogen-bond acceptors (Lipinski definition) is 0. The van der Waals surface area contributed by atoms with Crippen LogP contribution in [0.15, 0.2) is 60.2 Å². The van der Waals surface area contributed by atoms with Crippen molar-refractivity contribution in [2.45, 2.75) is 110 Å². The van der Waals surface area contributed by atoms with E-state index in [4.69, 9.17) is 0 Å². The number of allylic oxidation sites excluding steroid dienone is 2. The van der Waals surface area contributed by atoms with Gasteiger partial charge in [-0.15, -0.1) is 0 Å². The molecule has 0 saturated heterocycles. The molecule has 0 radical (unpaired) electrons. The lowest BCUT2D eigenvalue weighted by Crippen LogP contribution is -2.23. The third-order valence-corrected chi connectivity index (χ3v) is 8.83. The molecule has 0 nitrogen and oxygen atoms in total. The Balaban J connectivity index is 1.24. The molecular formula is C36H48. The summed E-state index contributed by atoms with van der Waals surface area (Å²) in [5.41, 5.74) is 6.51. The number of unbranched alkanes of at least 4 members (excludes halogenated alkanes) is 4. The van der Waals surface area contributed by atoms with Crippen LogP contribution in [0.5, 0.6) is 0 Å². The second-order valence-corrected chi connectivity index (χ2v) is 11.5. The van der Waals surface area contributed by atoms with Gasteiger partial charge in [0, 0.05) is 5.56 Å². The lowest BCUT2D eigenvalue weighted by atomic mass is 9.70. The molecule has 1 fully saturated rings. The van der Waals surface area contributed by atoms with Gasteiger partial charge in [-0.05, 0) is 97.1 Å². The highest BCUT2D eigenvalue weighted by molar-refractivity contribution is 5.64. The van der Waals surface area contributed by atoms with Gasteiger partial charge in [0.15, 0.2) is 0 Å². The van der Waals surface area contributed by atoms with Crippen LogP contribution in [0.3, 0.4) is 0 Å². The fraction of sp³-hybridized carbons (Fsp3) is 0.556. The lowest BCUT2D eigenvalue weighted by molar-refractivity contribution is 0.186. The first-order valence-corrected chi connectivity index (χ1v) is 15.2. The minimum Gasteiger partial charge on any atom is -0.0726 e. The minimum atomic E-state index is 0.907. The van der Waals surface area contributed by atoms with Crippen LogP contribution in [0.4, 0.5) is 0 Å². The largest absolute Gasteiger partial charge is 0.0726 e. The van der Waals surface area contributed by atoms with Crippen LogP contribution >= 0.6 is 0 Å². The smallest absolute Gasteiger partial charge is 0.0249 e. The van der Waals surface area contributed by atoms with Crippen molar-refractivity contribution >= 4 is 0 Å². The van der Waals surface area contributed by atoms with Gasteiger partial charge in [0.05, 0.1) is 0 Å². The molecule has 0 aromatic heterocycles. The molecule has 2 aliphatic carbocycles. The van der Waals surface area contributed by atoms with Crippen molar-refractivity contribution in [2.24, 2.45) is 17.8 Å². The zero-order valence-corrected chi connectivity index (χ0v) is 23.0. The summed E-state index contributed by atoms with van der Waals surface area (Å²) in [5, 5.41) is 0. The summed E-state index contributed by atoms with van der Waals surface area (Å²) in [6.07, 6.45) is 23.0. The van der Waals surface area contributed by atoms with Crippen molar-refractivity contribution in [3.63, 3.8) is 0 Å². The summed E-state index contributed by atoms with van der Waals surface area (Å²) in [7, 11) is 0. The van der Waals surface area contributed by atoms with Gasteiger partial charge in [0.1, 0.15) is 0 Å². The van der Waals surface area contributed by atoms with E-state index in [2.05, 4.69) is 80.3 Å². The molecule has 1 unspecified atom stereocenters. The Morgan fingerprint density at radius 3 is 1.97 bits per heavy atom. The van der Waals surface area contributed by atoms with E-state index in [9.17, 15) is 0 Å². The molecule has 0 heterocycles. The Hall–Kier alpha value is -2.26. The zero-order chi connectivity index (χ0) is 25.0. The van der Waals surface area contributed by atoms with E-state index in [1.165, 1.54) is 119 Å².